The van der Waals surface area contributed by atoms with E-state index < -0.39 is 25.1 Å². The van der Waals surface area contributed by atoms with Gasteiger partial charge in [0, 0.05) is 21.1 Å². The molecule has 0 saturated carbocycles. The second kappa shape index (κ2) is 1.99. The highest BCUT2D eigenvalue weighted by atomic mass is 16.2. The van der Waals surface area contributed by atoms with Crippen molar-refractivity contribution in [2.75, 3.05) is 6.50 Å². The molecule has 0 N–H and O–H groups in total. The monoisotopic (exact) mass is 117 g/mol. The summed E-state index contributed by atoms with van der Waals surface area (Å²) < 4.78 is 43.6. The molecule has 8 heavy (non-hydrogen) atoms. The van der Waals surface area contributed by atoms with Crippen molar-refractivity contribution in [3.05, 3.63) is 12.8 Å². The van der Waals surface area contributed by atoms with Gasteiger partial charge in [0.25, 0.3) is 0 Å². The quantitative estimate of drug-likeness (QED) is 0.496. The van der Waals surface area contributed by atoms with Gasteiger partial charge in [-0.2, -0.15) is 0 Å². The molecule has 0 aromatic rings. The fourth-order valence-corrected chi connectivity index (χ4v) is 0.381. The third kappa shape index (κ3) is 0.735. The van der Waals surface area contributed by atoms with E-state index in [1.54, 1.807) is 0 Å². The Bertz CT molecular complexity index is 299. The van der Waals surface area contributed by atoms with Gasteiger partial charge < -0.3 is 4.90 Å². The number of amides is 1. The van der Waals surface area contributed by atoms with Crippen molar-refractivity contribution in [3.63, 3.8) is 0 Å². The lowest BCUT2D eigenvalue weighted by Gasteiger charge is -2.05. The van der Waals surface area contributed by atoms with Crippen LogP contribution < -0.4 is 0 Å². The first kappa shape index (κ1) is 1.59. The Labute approximate surface area is 57.2 Å². The summed E-state index contributed by atoms with van der Waals surface area (Å²) in [6, 6.07) is 0. The van der Waals surface area contributed by atoms with Crippen molar-refractivity contribution >= 4 is 5.91 Å². The van der Waals surface area contributed by atoms with Crippen LogP contribution in [0.2, 0.25) is 0 Å². The molecule has 1 aliphatic rings. The van der Waals surface area contributed by atoms with Gasteiger partial charge >= 0.3 is 0 Å². The Hall–Kier alpha value is -0.790. The summed E-state index contributed by atoms with van der Waals surface area (Å²) in [6.07, 6.45) is -4.97. The molecule has 1 heterocycles. The highest BCUT2D eigenvalue weighted by molar-refractivity contribution is 5.78. The van der Waals surface area contributed by atoms with Crippen LogP contribution in [0.3, 0.4) is 0 Å². The maximum atomic E-state index is 11.3. The Balaban J connectivity index is 3.37. The van der Waals surface area contributed by atoms with Gasteiger partial charge in [0.1, 0.15) is 0 Å². The second-order valence-corrected chi connectivity index (χ2v) is 1.22. The van der Waals surface area contributed by atoms with Crippen LogP contribution in [0.5, 0.6) is 0 Å². The van der Waals surface area contributed by atoms with Gasteiger partial charge in [0.05, 0.1) is 0 Å². The zero-order valence-electron chi connectivity index (χ0n) is 10.1. The molecule has 0 radical (unpaired) electrons. The highest BCUT2D eigenvalue weighted by Crippen LogP contribution is 2.08. The smallest absolute Gasteiger partial charge is 0.226 e. The molecule has 0 aliphatic carbocycles. The lowest BCUT2D eigenvalue weighted by atomic mass is 10.4. The summed E-state index contributed by atoms with van der Waals surface area (Å²) in [5.41, 5.74) is 0. The van der Waals surface area contributed by atoms with Crippen LogP contribution in [-0.4, -0.2) is 17.3 Å². The summed E-state index contributed by atoms with van der Waals surface area (Å²) >= 11 is 0. The molecule has 1 fully saturated rings. The van der Waals surface area contributed by atoms with E-state index in [1.807, 2.05) is 0 Å². The molecule has 1 rings (SSSR count). The fourth-order valence-electron chi connectivity index (χ4n) is 0.381. The normalized spacial score (nSPS) is 49.5. The molecule has 0 aromatic carbocycles. The molecule has 1 aliphatic heterocycles. The summed E-state index contributed by atoms with van der Waals surface area (Å²) in [7, 11) is 0. The Morgan fingerprint density at radius 2 is 2.75 bits per heavy atom. The van der Waals surface area contributed by atoms with Gasteiger partial charge in [-0.05, 0) is 12.6 Å². The van der Waals surface area contributed by atoms with Crippen LogP contribution in [0.25, 0.3) is 0 Å². The van der Waals surface area contributed by atoms with E-state index in [4.69, 9.17) is 8.22 Å². The van der Waals surface area contributed by atoms with E-state index in [1.165, 1.54) is 0 Å². The molecule has 0 bridgehead atoms. The van der Waals surface area contributed by atoms with Gasteiger partial charge in [0.15, 0.2) is 0 Å². The number of nitrogens with zero attached hydrogens (tertiary/aromatic N) is 1. The summed E-state index contributed by atoms with van der Waals surface area (Å²) in [5.74, 6) is -1.25. The molecule has 2 heteroatoms. The molecule has 0 unspecified atom stereocenters. The lowest BCUT2D eigenvalue weighted by molar-refractivity contribution is -0.125. The van der Waals surface area contributed by atoms with Gasteiger partial charge in [-0.15, -0.1) is 0 Å². The zero-order chi connectivity index (χ0) is 11.4. The van der Waals surface area contributed by atoms with E-state index in [0.29, 0.717) is 4.90 Å². The van der Waals surface area contributed by atoms with Crippen LogP contribution in [-0.2, 0) is 4.79 Å². The maximum absolute atomic E-state index is 11.3. The van der Waals surface area contributed by atoms with Crippen molar-refractivity contribution in [1.82, 2.24) is 4.90 Å². The molecule has 1 saturated heterocycles. The van der Waals surface area contributed by atoms with E-state index in [-0.39, 0.29) is 0 Å². The van der Waals surface area contributed by atoms with E-state index in [2.05, 4.69) is 6.58 Å². The predicted molar refractivity (Wildman–Crippen MR) is 31.1 cm³/mol. The van der Waals surface area contributed by atoms with Gasteiger partial charge in [-0.1, -0.05) is 6.58 Å². The molecular formula is C6H9NO. The predicted octanol–water partition coefficient (Wildman–Crippen LogP) is 0.752. The number of hydrogen-bond acceptors (Lipinski definition) is 1. The first-order chi connectivity index (χ1) is 6.10. The van der Waals surface area contributed by atoms with Crippen LogP contribution in [0.1, 0.15) is 21.0 Å². The summed E-state index contributed by atoms with van der Waals surface area (Å²) in [4.78, 5) is 11.6. The number of likely N-dealkylation sites (tertiary alicyclic amines) is 1. The van der Waals surface area contributed by atoms with Crippen LogP contribution in [0, 0.1) is 0 Å². The van der Waals surface area contributed by atoms with Crippen molar-refractivity contribution in [2.24, 2.45) is 0 Å². The molecular weight excluding hydrogens is 102 g/mol. The van der Waals surface area contributed by atoms with Crippen molar-refractivity contribution in [3.8, 4) is 0 Å². The first-order valence-electron chi connectivity index (χ1n) is 5.07. The van der Waals surface area contributed by atoms with E-state index in [9.17, 15) is 4.79 Å². The van der Waals surface area contributed by atoms with Crippen LogP contribution in [0.4, 0.5) is 0 Å². The third-order valence-corrected chi connectivity index (χ3v) is 0.747. The molecule has 1 amide bonds. The van der Waals surface area contributed by atoms with Crippen LogP contribution >= 0.6 is 0 Å². The minimum absolute atomic E-state index is 0.354. The topological polar surface area (TPSA) is 20.3 Å². The highest BCUT2D eigenvalue weighted by Gasteiger charge is 2.15. The molecule has 0 spiro atoms. The molecule has 2 nitrogen and oxygen atoms in total. The summed E-state index contributed by atoms with van der Waals surface area (Å²) in [5, 5.41) is 0. The summed E-state index contributed by atoms with van der Waals surface area (Å²) in [6.45, 7) is 0.439. The molecule has 0 atom stereocenters. The number of carbonyl (C=O) groups excluding carboxylic acids is 1. The molecule has 0 aromatic heterocycles. The Morgan fingerprint density at radius 3 is 3.00 bits per heavy atom. The third-order valence-electron chi connectivity index (χ3n) is 0.747. The Morgan fingerprint density at radius 1 is 2.00 bits per heavy atom. The second-order valence-electron chi connectivity index (χ2n) is 1.22. The van der Waals surface area contributed by atoms with Gasteiger partial charge in [-0.3, -0.25) is 4.79 Å². The van der Waals surface area contributed by atoms with Gasteiger partial charge in [-0.25, -0.2) is 0 Å². The van der Waals surface area contributed by atoms with Gasteiger partial charge in [0.2, 0.25) is 5.91 Å². The fraction of sp³-hybridized carbons (Fsp3) is 0.500. The lowest BCUT2D eigenvalue weighted by Crippen LogP contribution is -2.16. The zero-order valence-corrected chi connectivity index (χ0v) is 4.14. The first-order valence-corrected chi connectivity index (χ1v) is 2.07. The SMILES string of the molecule is [2H]C1([2H])C(=O)N(C=C)C([2H])([2H])C1([2H])[2H]. The minimum Gasteiger partial charge on any atom is -0.320 e. The minimum atomic E-state index is -2.90. The largest absolute Gasteiger partial charge is 0.320 e. The Kier molecular flexibility index (Phi) is 0.396. The number of rotatable bonds is 1. The number of carbonyl (C=O) groups is 1. The number of hydrogen-bond donors (Lipinski definition) is 0. The van der Waals surface area contributed by atoms with Crippen molar-refractivity contribution < 1.29 is 13.0 Å². The maximum Gasteiger partial charge on any atom is 0.226 e. The average Bonchev–Trinajstić information content (AvgIpc) is 2.10. The van der Waals surface area contributed by atoms with Crippen molar-refractivity contribution in [1.29, 1.82) is 0 Å². The van der Waals surface area contributed by atoms with Crippen LogP contribution in [0.15, 0.2) is 12.8 Å². The molecule has 44 valence electrons. The van der Waals surface area contributed by atoms with E-state index >= 15 is 0 Å². The standard InChI is InChI=1S/C6H9NO/c1-2-7-5-3-4-6(7)8/h2H,1,3-5H2/i3D2,4D2,5D2. The van der Waals surface area contributed by atoms with E-state index in [0.717, 1.165) is 6.20 Å². The average molecular weight is 117 g/mol. The van der Waals surface area contributed by atoms with Crippen molar-refractivity contribution in [2.45, 2.75) is 12.7 Å².